The highest BCUT2D eigenvalue weighted by Crippen LogP contribution is 2.25. The highest BCUT2D eigenvalue weighted by Gasteiger charge is 2.27. The summed E-state index contributed by atoms with van der Waals surface area (Å²) in [5.74, 6) is 0.291. The normalized spacial score (nSPS) is 19.7. The minimum atomic E-state index is 0.195. The average molecular weight is 367 g/mol. The van der Waals surface area contributed by atoms with E-state index >= 15 is 0 Å². The molecule has 2 N–H and O–H groups in total. The van der Waals surface area contributed by atoms with E-state index in [1.807, 2.05) is 6.07 Å². The second kappa shape index (κ2) is 8.32. The molecule has 0 spiro atoms. The molecule has 0 amide bonds. The van der Waals surface area contributed by atoms with Crippen LogP contribution in [-0.4, -0.2) is 52.3 Å². The van der Waals surface area contributed by atoms with Crippen LogP contribution in [-0.2, 0) is 13.1 Å². The van der Waals surface area contributed by atoms with Gasteiger partial charge in [-0.2, -0.15) is 11.3 Å². The minimum Gasteiger partial charge on any atom is -0.508 e. The number of phenolic OH excluding ortho intramolecular Hbond substituents is 1. The molecule has 2 aromatic rings. The Labute approximate surface area is 151 Å². The van der Waals surface area contributed by atoms with Crippen molar-refractivity contribution in [3.05, 3.63) is 51.2 Å². The second-order valence-electron chi connectivity index (χ2n) is 6.28. The number of hydrogen-bond donors (Lipinski definition) is 2. The van der Waals surface area contributed by atoms with Gasteiger partial charge in [0.05, 0.1) is 0 Å². The molecule has 0 aliphatic carbocycles. The molecular weight excluding hydrogens is 344 g/mol. The van der Waals surface area contributed by atoms with Crippen molar-refractivity contribution in [1.29, 1.82) is 0 Å². The first-order valence-electron chi connectivity index (χ1n) is 8.21. The van der Waals surface area contributed by atoms with Crippen molar-refractivity contribution in [2.75, 3.05) is 26.2 Å². The first-order chi connectivity index (χ1) is 11.7. The van der Waals surface area contributed by atoms with Gasteiger partial charge in [0.1, 0.15) is 5.75 Å². The molecule has 1 aliphatic rings. The van der Waals surface area contributed by atoms with Crippen LogP contribution in [0.15, 0.2) is 35.0 Å². The summed E-state index contributed by atoms with van der Waals surface area (Å²) < 4.78 is 0. The monoisotopic (exact) mass is 366 g/mol. The Hall–Kier alpha value is -1.11. The summed E-state index contributed by atoms with van der Waals surface area (Å²) in [6.45, 7) is 4.60. The van der Waals surface area contributed by atoms with Gasteiger partial charge in [-0.1, -0.05) is 11.6 Å². The van der Waals surface area contributed by atoms with Crippen LogP contribution in [0.2, 0.25) is 5.02 Å². The second-order valence-corrected chi connectivity index (χ2v) is 7.49. The molecule has 0 radical (unpaired) electrons. The Bertz CT molecular complexity index is 650. The third kappa shape index (κ3) is 4.49. The zero-order chi connectivity index (χ0) is 16.9. The summed E-state index contributed by atoms with van der Waals surface area (Å²) in [4.78, 5) is 4.78. The molecule has 1 fully saturated rings. The van der Waals surface area contributed by atoms with Crippen molar-refractivity contribution in [2.24, 2.45) is 0 Å². The quantitative estimate of drug-likeness (QED) is 0.824. The molecule has 3 rings (SSSR count). The highest BCUT2D eigenvalue weighted by atomic mass is 35.5. The van der Waals surface area contributed by atoms with E-state index in [2.05, 4.69) is 26.6 Å². The van der Waals surface area contributed by atoms with Gasteiger partial charge in [-0.05, 0) is 47.0 Å². The average Bonchev–Trinajstić information content (AvgIpc) is 3.07. The van der Waals surface area contributed by atoms with E-state index in [1.54, 1.807) is 23.5 Å². The van der Waals surface area contributed by atoms with Gasteiger partial charge >= 0.3 is 0 Å². The number of aromatic hydroxyl groups is 1. The third-order valence-electron chi connectivity index (χ3n) is 4.55. The largest absolute Gasteiger partial charge is 0.508 e. The number of aliphatic hydroxyl groups excluding tert-OH is 1. The van der Waals surface area contributed by atoms with Crippen molar-refractivity contribution < 1.29 is 10.2 Å². The molecule has 6 heteroatoms. The topological polar surface area (TPSA) is 46.9 Å². The zero-order valence-electron chi connectivity index (χ0n) is 13.6. The van der Waals surface area contributed by atoms with Crippen molar-refractivity contribution >= 4 is 22.9 Å². The number of benzene rings is 1. The molecule has 0 saturated carbocycles. The fraction of sp³-hybridized carbons (Fsp3) is 0.444. The van der Waals surface area contributed by atoms with Crippen LogP contribution in [0.4, 0.5) is 0 Å². The molecule has 1 aliphatic heterocycles. The maximum absolute atomic E-state index is 10.0. The number of nitrogens with zero attached hydrogens (tertiary/aromatic N) is 2. The van der Waals surface area contributed by atoms with Gasteiger partial charge in [-0.15, -0.1) is 0 Å². The lowest BCUT2D eigenvalue weighted by Gasteiger charge is -2.41. The standard InChI is InChI=1S/C18H23ClN2O2S/c19-16-1-2-18(23)15(9-16)11-20-5-6-21(17(12-20)3-7-22)10-14-4-8-24-13-14/h1-2,4,8-9,13,17,22-23H,3,5-7,10-12H2/t17-/m1/s1. The molecule has 1 aromatic heterocycles. The van der Waals surface area contributed by atoms with Gasteiger partial charge in [0.15, 0.2) is 0 Å². The lowest BCUT2D eigenvalue weighted by Crippen LogP contribution is -2.52. The van der Waals surface area contributed by atoms with E-state index in [-0.39, 0.29) is 6.61 Å². The number of halogens is 1. The Morgan fingerprint density at radius 1 is 1.21 bits per heavy atom. The first kappa shape index (κ1) is 17.7. The molecule has 1 atom stereocenters. The van der Waals surface area contributed by atoms with E-state index in [1.165, 1.54) is 5.56 Å². The number of rotatable bonds is 6. The maximum Gasteiger partial charge on any atom is 0.120 e. The van der Waals surface area contributed by atoms with Crippen LogP contribution in [0.5, 0.6) is 5.75 Å². The van der Waals surface area contributed by atoms with Crippen LogP contribution in [0.25, 0.3) is 0 Å². The lowest BCUT2D eigenvalue weighted by molar-refractivity contribution is 0.0497. The van der Waals surface area contributed by atoms with Gasteiger partial charge in [0, 0.05) is 56.0 Å². The Kier molecular flexibility index (Phi) is 6.14. The van der Waals surface area contributed by atoms with Crippen LogP contribution >= 0.6 is 22.9 Å². The highest BCUT2D eigenvalue weighted by molar-refractivity contribution is 7.07. The zero-order valence-corrected chi connectivity index (χ0v) is 15.1. The fourth-order valence-electron chi connectivity index (χ4n) is 3.27. The van der Waals surface area contributed by atoms with Crippen LogP contribution < -0.4 is 0 Å². The SMILES string of the molecule is OCC[C@@H]1CN(Cc2cc(Cl)ccc2O)CCN1Cc1ccsc1. The number of thiophene rings is 1. The van der Waals surface area contributed by atoms with Gasteiger partial charge in [0.25, 0.3) is 0 Å². The molecule has 4 nitrogen and oxygen atoms in total. The molecule has 1 saturated heterocycles. The maximum atomic E-state index is 10.0. The van der Waals surface area contributed by atoms with E-state index in [0.717, 1.165) is 38.2 Å². The van der Waals surface area contributed by atoms with E-state index in [9.17, 15) is 10.2 Å². The van der Waals surface area contributed by atoms with Crippen LogP contribution in [0, 0.1) is 0 Å². The molecule has 1 aromatic carbocycles. The van der Waals surface area contributed by atoms with Gasteiger partial charge in [-0.25, -0.2) is 0 Å². The van der Waals surface area contributed by atoms with E-state index in [4.69, 9.17) is 11.6 Å². The van der Waals surface area contributed by atoms with Crippen molar-refractivity contribution in [1.82, 2.24) is 9.80 Å². The first-order valence-corrected chi connectivity index (χ1v) is 9.53. The predicted molar refractivity (Wildman–Crippen MR) is 98.6 cm³/mol. The van der Waals surface area contributed by atoms with Crippen molar-refractivity contribution in [2.45, 2.75) is 25.6 Å². The van der Waals surface area contributed by atoms with Crippen molar-refractivity contribution in [3.63, 3.8) is 0 Å². The Morgan fingerprint density at radius 3 is 2.83 bits per heavy atom. The Balaban J connectivity index is 1.64. The van der Waals surface area contributed by atoms with Crippen LogP contribution in [0.1, 0.15) is 17.5 Å². The number of piperazine rings is 1. The van der Waals surface area contributed by atoms with Gasteiger partial charge < -0.3 is 10.2 Å². The lowest BCUT2D eigenvalue weighted by atomic mass is 10.1. The van der Waals surface area contributed by atoms with E-state index in [0.29, 0.717) is 23.4 Å². The summed E-state index contributed by atoms with van der Waals surface area (Å²) in [6.07, 6.45) is 0.766. The summed E-state index contributed by atoms with van der Waals surface area (Å²) >= 11 is 7.77. The molecule has 130 valence electrons. The Morgan fingerprint density at radius 2 is 2.08 bits per heavy atom. The van der Waals surface area contributed by atoms with E-state index < -0.39 is 0 Å². The van der Waals surface area contributed by atoms with Crippen LogP contribution in [0.3, 0.4) is 0 Å². The van der Waals surface area contributed by atoms with Gasteiger partial charge in [0.2, 0.25) is 0 Å². The summed E-state index contributed by atoms with van der Waals surface area (Å²) in [5, 5.41) is 24.4. The summed E-state index contributed by atoms with van der Waals surface area (Å²) in [7, 11) is 0. The molecule has 0 unspecified atom stereocenters. The van der Waals surface area contributed by atoms with Crippen molar-refractivity contribution in [3.8, 4) is 5.75 Å². The molecular formula is C18H23ClN2O2S. The number of aliphatic hydroxyl groups is 1. The molecule has 0 bridgehead atoms. The summed E-state index contributed by atoms with van der Waals surface area (Å²) in [5.41, 5.74) is 2.19. The minimum absolute atomic E-state index is 0.195. The third-order valence-corrected chi connectivity index (χ3v) is 5.52. The number of phenols is 1. The summed E-state index contributed by atoms with van der Waals surface area (Å²) in [6, 6.07) is 7.67. The van der Waals surface area contributed by atoms with Gasteiger partial charge in [-0.3, -0.25) is 9.80 Å². The molecule has 24 heavy (non-hydrogen) atoms. The molecule has 2 heterocycles. The predicted octanol–water partition coefficient (Wildman–Crippen LogP) is 3.18. The smallest absolute Gasteiger partial charge is 0.120 e. The fourth-order valence-corrected chi connectivity index (χ4v) is 4.13. The number of hydrogen-bond acceptors (Lipinski definition) is 5.